The molecule has 1 aromatic heterocycles. The third kappa shape index (κ3) is 3.08. The smallest absolute Gasteiger partial charge is 0.355 e. The number of anilines is 1. The van der Waals surface area contributed by atoms with Crippen LogP contribution in [-0.2, 0) is 6.54 Å². The number of nitrogens with one attached hydrogen (secondary N) is 1. The molecule has 0 spiro atoms. The fourth-order valence-electron chi connectivity index (χ4n) is 1.51. The first-order valence-electron chi connectivity index (χ1n) is 5.38. The highest BCUT2D eigenvalue weighted by atomic mass is 32.1. The minimum atomic E-state index is -1.06. The van der Waals surface area contributed by atoms with Crippen molar-refractivity contribution in [1.82, 2.24) is 4.98 Å². The number of rotatable bonds is 5. The summed E-state index contributed by atoms with van der Waals surface area (Å²) in [5.41, 5.74) is 6.26. The van der Waals surface area contributed by atoms with Crippen molar-refractivity contribution in [2.45, 2.75) is 6.54 Å². The zero-order valence-electron chi connectivity index (χ0n) is 9.79. The molecule has 0 aliphatic carbocycles. The molecule has 0 aliphatic heterocycles. The van der Waals surface area contributed by atoms with Gasteiger partial charge in [-0.2, -0.15) is 0 Å². The topological polar surface area (TPSA) is 105 Å². The van der Waals surface area contributed by atoms with Gasteiger partial charge in [-0.15, -0.1) is 11.3 Å². The molecule has 0 saturated carbocycles. The zero-order chi connectivity index (χ0) is 13.8. The number of carboxylic acids is 1. The molecule has 1 heterocycles. The molecule has 0 fully saturated rings. The Morgan fingerprint density at radius 1 is 1.37 bits per heavy atom. The molecule has 0 saturated heterocycles. The van der Waals surface area contributed by atoms with E-state index in [1.165, 1.54) is 16.7 Å². The first kappa shape index (κ1) is 13.0. The molecule has 0 radical (unpaired) electrons. The highest BCUT2D eigenvalue weighted by molar-refractivity contribution is 7.09. The van der Waals surface area contributed by atoms with Gasteiger partial charge < -0.3 is 16.2 Å². The van der Waals surface area contributed by atoms with Crippen molar-refractivity contribution in [1.29, 1.82) is 0 Å². The van der Waals surface area contributed by atoms with E-state index in [9.17, 15) is 9.59 Å². The predicted octanol–water partition coefficient (Wildman–Crippen LogP) is 1.55. The Hall–Kier alpha value is -2.41. The summed E-state index contributed by atoms with van der Waals surface area (Å²) in [6.07, 6.45) is 0. The number of hydrogen-bond acceptors (Lipinski definition) is 5. The Morgan fingerprint density at radius 3 is 2.74 bits per heavy atom. The number of aromatic carboxylic acids is 1. The molecule has 6 nitrogen and oxygen atoms in total. The van der Waals surface area contributed by atoms with Crippen LogP contribution in [0.15, 0.2) is 29.6 Å². The lowest BCUT2D eigenvalue weighted by Crippen LogP contribution is -2.14. The Kier molecular flexibility index (Phi) is 3.76. The second-order valence-electron chi connectivity index (χ2n) is 3.70. The van der Waals surface area contributed by atoms with E-state index in [1.807, 2.05) is 0 Å². The average molecular weight is 277 g/mol. The maximum absolute atomic E-state index is 11.2. The number of carbonyl (C=O) groups excluding carboxylic acids is 1. The molecule has 2 aromatic rings. The van der Waals surface area contributed by atoms with E-state index < -0.39 is 11.9 Å². The summed E-state index contributed by atoms with van der Waals surface area (Å²) < 4.78 is 0. The summed E-state index contributed by atoms with van der Waals surface area (Å²) in [4.78, 5) is 25.9. The van der Waals surface area contributed by atoms with Gasteiger partial charge in [0.15, 0.2) is 5.69 Å². The molecule has 7 heteroatoms. The highest BCUT2D eigenvalue weighted by Gasteiger charge is 2.10. The molecule has 1 amide bonds. The van der Waals surface area contributed by atoms with Crippen LogP contribution in [-0.4, -0.2) is 22.0 Å². The molecule has 0 atom stereocenters. The number of carbonyl (C=O) groups is 2. The van der Waals surface area contributed by atoms with Gasteiger partial charge in [-0.25, -0.2) is 9.78 Å². The van der Waals surface area contributed by atoms with Gasteiger partial charge in [-0.3, -0.25) is 4.79 Å². The third-order valence-electron chi connectivity index (χ3n) is 2.39. The van der Waals surface area contributed by atoms with Crippen LogP contribution >= 0.6 is 11.3 Å². The van der Waals surface area contributed by atoms with Crippen molar-refractivity contribution in [3.63, 3.8) is 0 Å². The number of primary amides is 1. The van der Waals surface area contributed by atoms with E-state index >= 15 is 0 Å². The first-order chi connectivity index (χ1) is 9.08. The van der Waals surface area contributed by atoms with Crippen molar-refractivity contribution in [2.24, 2.45) is 5.73 Å². The van der Waals surface area contributed by atoms with Crippen LogP contribution in [0.3, 0.4) is 0 Å². The van der Waals surface area contributed by atoms with E-state index in [-0.39, 0.29) is 5.69 Å². The van der Waals surface area contributed by atoms with Gasteiger partial charge in [0.2, 0.25) is 0 Å². The molecule has 1 aromatic carbocycles. The van der Waals surface area contributed by atoms with E-state index in [2.05, 4.69) is 10.3 Å². The summed E-state index contributed by atoms with van der Waals surface area (Å²) >= 11 is 1.24. The van der Waals surface area contributed by atoms with Crippen LogP contribution in [0.2, 0.25) is 0 Å². The number of aromatic nitrogens is 1. The van der Waals surface area contributed by atoms with Gasteiger partial charge in [0.25, 0.3) is 5.91 Å². The minimum Gasteiger partial charge on any atom is -0.476 e. The lowest BCUT2D eigenvalue weighted by molar-refractivity contribution is 0.0691. The number of thiazole rings is 1. The van der Waals surface area contributed by atoms with Crippen molar-refractivity contribution >= 4 is 28.9 Å². The molecular formula is C12H11N3O3S. The third-order valence-corrected chi connectivity index (χ3v) is 3.24. The maximum Gasteiger partial charge on any atom is 0.355 e. The van der Waals surface area contributed by atoms with Gasteiger partial charge in [-0.05, 0) is 12.1 Å². The predicted molar refractivity (Wildman–Crippen MR) is 71.4 cm³/mol. The zero-order valence-corrected chi connectivity index (χ0v) is 10.6. The summed E-state index contributed by atoms with van der Waals surface area (Å²) in [7, 11) is 0. The second kappa shape index (κ2) is 5.49. The van der Waals surface area contributed by atoms with Gasteiger partial charge in [0, 0.05) is 11.1 Å². The molecule has 0 unspecified atom stereocenters. The monoisotopic (exact) mass is 277 g/mol. The summed E-state index contributed by atoms with van der Waals surface area (Å²) in [6, 6.07) is 6.84. The van der Waals surface area contributed by atoms with Crippen LogP contribution < -0.4 is 11.1 Å². The second-order valence-corrected chi connectivity index (χ2v) is 4.64. The first-order valence-corrected chi connectivity index (χ1v) is 6.26. The normalized spacial score (nSPS) is 10.1. The molecule has 4 N–H and O–H groups in total. The number of benzene rings is 1. The Morgan fingerprint density at radius 2 is 2.11 bits per heavy atom. The fourth-order valence-corrected chi connectivity index (χ4v) is 2.22. The minimum absolute atomic E-state index is 0.0185. The van der Waals surface area contributed by atoms with Crippen molar-refractivity contribution in [3.05, 3.63) is 45.9 Å². The summed E-state index contributed by atoms with van der Waals surface area (Å²) in [5, 5.41) is 13.9. The molecule has 98 valence electrons. The number of hydrogen-bond donors (Lipinski definition) is 3. The van der Waals surface area contributed by atoms with Crippen LogP contribution in [0, 0.1) is 0 Å². The van der Waals surface area contributed by atoms with Crippen LogP contribution in [0.1, 0.15) is 25.9 Å². The van der Waals surface area contributed by atoms with E-state index in [1.54, 1.807) is 24.3 Å². The molecular weight excluding hydrogens is 266 g/mol. The average Bonchev–Trinajstić information content (AvgIpc) is 2.85. The largest absolute Gasteiger partial charge is 0.476 e. The highest BCUT2D eigenvalue weighted by Crippen LogP contribution is 2.17. The number of nitrogens with two attached hydrogens (primary N) is 1. The van der Waals surface area contributed by atoms with Gasteiger partial charge in [0.05, 0.1) is 12.1 Å². The fraction of sp³-hybridized carbons (Fsp3) is 0.0833. The van der Waals surface area contributed by atoms with Gasteiger partial charge >= 0.3 is 5.97 Å². The molecule has 0 aliphatic rings. The van der Waals surface area contributed by atoms with Crippen LogP contribution in [0.4, 0.5) is 5.69 Å². The van der Waals surface area contributed by atoms with Gasteiger partial charge in [-0.1, -0.05) is 12.1 Å². The summed E-state index contributed by atoms with van der Waals surface area (Å²) in [5.74, 6) is -1.58. The van der Waals surface area contributed by atoms with Crippen molar-refractivity contribution in [2.75, 3.05) is 5.32 Å². The number of nitrogens with zero attached hydrogens (tertiary/aromatic N) is 1. The maximum atomic E-state index is 11.2. The Labute approximate surface area is 112 Å². The van der Waals surface area contributed by atoms with E-state index in [4.69, 9.17) is 10.8 Å². The molecule has 19 heavy (non-hydrogen) atoms. The molecule has 2 rings (SSSR count). The lowest BCUT2D eigenvalue weighted by atomic mass is 10.1. The van der Waals surface area contributed by atoms with E-state index in [0.717, 1.165) is 0 Å². The SMILES string of the molecule is NC(=O)c1ccccc1NCc1nc(C(=O)O)cs1. The van der Waals surface area contributed by atoms with E-state index in [0.29, 0.717) is 22.8 Å². The Bertz CT molecular complexity index is 624. The van der Waals surface area contributed by atoms with Gasteiger partial charge in [0.1, 0.15) is 5.01 Å². The van der Waals surface area contributed by atoms with Crippen LogP contribution in [0.5, 0.6) is 0 Å². The van der Waals surface area contributed by atoms with Crippen molar-refractivity contribution < 1.29 is 14.7 Å². The number of amides is 1. The molecule has 0 bridgehead atoms. The van der Waals surface area contributed by atoms with Crippen molar-refractivity contribution in [3.8, 4) is 0 Å². The quantitative estimate of drug-likeness (QED) is 0.769. The lowest BCUT2D eigenvalue weighted by Gasteiger charge is -2.07. The number of carboxylic acid groups (broad SMARTS) is 1. The summed E-state index contributed by atoms with van der Waals surface area (Å²) in [6.45, 7) is 0.336. The standard InChI is InChI=1S/C12H11N3O3S/c13-11(16)7-3-1-2-4-8(7)14-5-10-15-9(6-19-10)12(17)18/h1-4,6,14H,5H2,(H2,13,16)(H,17,18). The van der Waals surface area contributed by atoms with Crippen LogP contribution in [0.25, 0.3) is 0 Å². The number of para-hydroxylation sites is 1. The Balaban J connectivity index is 2.10.